The average Bonchev–Trinajstić information content (AvgIpc) is 3.74. The number of aromatic nitrogens is 3. The van der Waals surface area contributed by atoms with Crippen molar-refractivity contribution in [1.29, 1.82) is 0 Å². The summed E-state index contributed by atoms with van der Waals surface area (Å²) in [6.45, 7) is 4.80. The first-order valence-electron chi connectivity index (χ1n) is 22.6. The number of nitrogens with zero attached hydrogens (tertiary/aromatic N) is 3. The fourth-order valence-corrected chi connectivity index (χ4v) is 11.1. The zero-order valence-corrected chi connectivity index (χ0v) is 35.8. The van der Waals surface area contributed by atoms with Crippen molar-refractivity contribution < 1.29 is 0 Å². The van der Waals surface area contributed by atoms with Gasteiger partial charge in [0.15, 0.2) is 17.5 Å². The van der Waals surface area contributed by atoms with E-state index in [4.69, 9.17) is 15.0 Å². The van der Waals surface area contributed by atoms with Crippen molar-refractivity contribution in [1.82, 2.24) is 15.0 Å². The van der Waals surface area contributed by atoms with E-state index < -0.39 is 0 Å². The Morgan fingerprint density at radius 3 is 1.41 bits per heavy atom. The fraction of sp³-hybridized carbons (Fsp3) is 0.150. The maximum Gasteiger partial charge on any atom is 0.164 e. The van der Waals surface area contributed by atoms with Crippen molar-refractivity contribution in [2.75, 3.05) is 0 Å². The molecule has 0 unspecified atom stereocenters. The van der Waals surface area contributed by atoms with Gasteiger partial charge in [-0.3, -0.25) is 0 Å². The molecule has 3 aliphatic rings. The molecule has 302 valence electrons. The number of benzene rings is 8. The van der Waals surface area contributed by atoms with Crippen LogP contribution in [0.15, 0.2) is 188 Å². The van der Waals surface area contributed by atoms with Gasteiger partial charge in [-0.15, -0.1) is 0 Å². The number of rotatable bonds is 6. The minimum Gasteiger partial charge on any atom is -0.208 e. The molecule has 0 bridgehead atoms. The molecule has 1 aromatic heterocycles. The van der Waals surface area contributed by atoms with Crippen LogP contribution in [0.1, 0.15) is 68.2 Å². The summed E-state index contributed by atoms with van der Waals surface area (Å²) in [7, 11) is 0. The van der Waals surface area contributed by atoms with Crippen LogP contribution in [0.3, 0.4) is 0 Å². The van der Waals surface area contributed by atoms with Crippen molar-refractivity contribution >= 4 is 0 Å². The van der Waals surface area contributed by atoms with Crippen LogP contribution in [0.25, 0.3) is 89.8 Å². The van der Waals surface area contributed by atoms with Crippen molar-refractivity contribution in [3.05, 3.63) is 210 Å². The van der Waals surface area contributed by atoms with Gasteiger partial charge in [-0.25, -0.2) is 15.0 Å². The van der Waals surface area contributed by atoms with Crippen LogP contribution >= 0.6 is 0 Å². The maximum atomic E-state index is 5.11. The Bertz CT molecular complexity index is 3210. The first-order valence-corrected chi connectivity index (χ1v) is 22.6. The van der Waals surface area contributed by atoms with Crippen molar-refractivity contribution in [2.24, 2.45) is 0 Å². The highest BCUT2D eigenvalue weighted by atomic mass is 15.0. The van der Waals surface area contributed by atoms with Gasteiger partial charge in [-0.1, -0.05) is 191 Å². The fourth-order valence-electron chi connectivity index (χ4n) is 11.1. The maximum absolute atomic E-state index is 5.11. The van der Waals surface area contributed by atoms with E-state index in [1.54, 1.807) is 5.56 Å². The Morgan fingerprint density at radius 1 is 0.302 bits per heavy atom. The van der Waals surface area contributed by atoms with Crippen LogP contribution in [0.4, 0.5) is 0 Å². The molecule has 0 amide bonds. The van der Waals surface area contributed by atoms with Crippen LogP contribution in [0.2, 0.25) is 0 Å². The minimum absolute atomic E-state index is 0.0216. The number of hydrogen-bond donors (Lipinski definition) is 0. The zero-order chi connectivity index (χ0) is 42.1. The van der Waals surface area contributed by atoms with E-state index in [9.17, 15) is 0 Å². The predicted molar refractivity (Wildman–Crippen MR) is 259 cm³/mol. The lowest BCUT2D eigenvalue weighted by molar-refractivity contribution is 0.353. The first-order chi connectivity index (χ1) is 30.9. The molecule has 1 heterocycles. The summed E-state index contributed by atoms with van der Waals surface area (Å²) in [5.74, 6) is 1.96. The quantitative estimate of drug-likeness (QED) is 0.168. The van der Waals surface area contributed by atoms with Crippen LogP contribution in [-0.4, -0.2) is 15.0 Å². The molecule has 3 aliphatic carbocycles. The number of fused-ring (bicyclic) bond motifs is 8. The number of hydrogen-bond acceptors (Lipinski definition) is 3. The molecule has 0 atom stereocenters. The van der Waals surface area contributed by atoms with Gasteiger partial charge in [0.05, 0.1) is 0 Å². The van der Waals surface area contributed by atoms with Gasteiger partial charge in [0.2, 0.25) is 0 Å². The van der Waals surface area contributed by atoms with Crippen molar-refractivity contribution in [2.45, 2.75) is 56.8 Å². The molecule has 1 saturated carbocycles. The molecule has 1 spiro atoms. The molecule has 63 heavy (non-hydrogen) atoms. The molecule has 0 aliphatic heterocycles. The van der Waals surface area contributed by atoms with E-state index in [-0.39, 0.29) is 10.8 Å². The second-order valence-electron chi connectivity index (χ2n) is 18.3. The van der Waals surface area contributed by atoms with Crippen LogP contribution in [0.5, 0.6) is 0 Å². The predicted octanol–water partition coefficient (Wildman–Crippen LogP) is 15.4. The molecular formula is C60H47N3. The van der Waals surface area contributed by atoms with Gasteiger partial charge in [-0.2, -0.15) is 0 Å². The van der Waals surface area contributed by atoms with E-state index >= 15 is 0 Å². The highest BCUT2D eigenvalue weighted by molar-refractivity contribution is 5.91. The molecule has 9 aromatic rings. The van der Waals surface area contributed by atoms with Gasteiger partial charge < -0.3 is 0 Å². The molecule has 1 fully saturated rings. The summed E-state index contributed by atoms with van der Waals surface area (Å²) in [5, 5.41) is 0. The van der Waals surface area contributed by atoms with Crippen LogP contribution in [-0.2, 0) is 10.8 Å². The Morgan fingerprint density at radius 2 is 0.730 bits per heavy atom. The van der Waals surface area contributed by atoms with Gasteiger partial charge >= 0.3 is 0 Å². The van der Waals surface area contributed by atoms with Gasteiger partial charge in [-0.05, 0) is 121 Å². The standard InChI is InChI=1S/C60H47N3/c1-59(2)52-25-11-10-24-48(52)50-38-55-51(37-53(50)59)49-31-30-46(36-54(49)60(55)32-12-5-13-33-60)44-21-14-20-43(34-44)45-22-15-23-47(35-45)58-62-56(41-18-8-4-9-19-41)61-57(63-58)42-28-26-40(27-29-42)39-16-6-3-7-17-39/h3-4,6-11,14-31,34-38H,5,12-13,32-33H2,1-2H3. The van der Waals surface area contributed by atoms with E-state index in [1.165, 1.54) is 87.7 Å². The molecule has 12 rings (SSSR count). The first kappa shape index (κ1) is 37.5. The lowest BCUT2D eigenvalue weighted by Crippen LogP contribution is -2.28. The Hall–Kier alpha value is -7.23. The largest absolute Gasteiger partial charge is 0.208 e. The lowest BCUT2D eigenvalue weighted by Gasteiger charge is -2.36. The highest BCUT2D eigenvalue weighted by Crippen LogP contribution is 2.60. The third-order valence-corrected chi connectivity index (χ3v) is 14.3. The summed E-state index contributed by atoms with van der Waals surface area (Å²) >= 11 is 0. The topological polar surface area (TPSA) is 38.7 Å². The Labute approximate surface area is 370 Å². The Balaban J connectivity index is 0.909. The van der Waals surface area contributed by atoms with E-state index in [0.29, 0.717) is 17.5 Å². The van der Waals surface area contributed by atoms with E-state index in [0.717, 1.165) is 33.4 Å². The molecule has 0 N–H and O–H groups in total. The molecule has 3 nitrogen and oxygen atoms in total. The summed E-state index contributed by atoms with van der Waals surface area (Å²) < 4.78 is 0. The Kier molecular flexibility index (Phi) is 8.76. The zero-order valence-electron chi connectivity index (χ0n) is 35.8. The van der Waals surface area contributed by atoms with Crippen molar-refractivity contribution in [3.8, 4) is 89.8 Å². The minimum atomic E-state index is -0.0216. The van der Waals surface area contributed by atoms with Crippen LogP contribution in [0, 0.1) is 0 Å². The molecular weight excluding hydrogens is 763 g/mol. The van der Waals surface area contributed by atoms with Crippen molar-refractivity contribution in [3.63, 3.8) is 0 Å². The highest BCUT2D eigenvalue weighted by Gasteiger charge is 2.46. The lowest BCUT2D eigenvalue weighted by atomic mass is 9.67. The SMILES string of the molecule is CC1(C)c2ccccc2-c2cc3c(cc21)-c1ccc(-c2cccc(-c4cccc(-c5nc(-c6ccccc6)nc(-c6ccc(-c7ccccc7)cc6)n5)c4)c2)cc1C31CCCCC1. The normalized spacial score (nSPS) is 15.1. The van der Waals surface area contributed by atoms with Crippen LogP contribution < -0.4 is 0 Å². The summed E-state index contributed by atoms with van der Waals surface area (Å²) in [5.41, 5.74) is 21.7. The molecule has 8 aromatic carbocycles. The monoisotopic (exact) mass is 809 g/mol. The van der Waals surface area contributed by atoms with Gasteiger partial charge in [0.25, 0.3) is 0 Å². The molecule has 0 radical (unpaired) electrons. The molecule has 3 heteroatoms. The van der Waals surface area contributed by atoms with E-state index in [2.05, 4.69) is 178 Å². The van der Waals surface area contributed by atoms with E-state index in [1.807, 2.05) is 24.3 Å². The summed E-state index contributed by atoms with van der Waals surface area (Å²) in [6.07, 6.45) is 6.26. The summed E-state index contributed by atoms with van der Waals surface area (Å²) in [6, 6.07) is 68.4. The summed E-state index contributed by atoms with van der Waals surface area (Å²) in [4.78, 5) is 15.2. The molecule has 0 saturated heterocycles. The van der Waals surface area contributed by atoms with Gasteiger partial charge in [0, 0.05) is 27.5 Å². The average molecular weight is 810 g/mol. The third kappa shape index (κ3) is 6.21. The van der Waals surface area contributed by atoms with Gasteiger partial charge in [0.1, 0.15) is 0 Å². The second kappa shape index (κ2) is 14.7. The smallest absolute Gasteiger partial charge is 0.164 e. The second-order valence-corrected chi connectivity index (χ2v) is 18.3. The third-order valence-electron chi connectivity index (χ3n) is 14.3.